The first-order chi connectivity index (χ1) is 6.92. The topological polar surface area (TPSA) is 26.0 Å². The van der Waals surface area contributed by atoms with Crippen molar-refractivity contribution in [2.24, 2.45) is 0 Å². The highest BCUT2D eigenvalue weighted by atomic mass is 16.5. The lowest BCUT2D eigenvalue weighted by molar-refractivity contribution is 0.366. The summed E-state index contributed by atoms with van der Waals surface area (Å²) in [6, 6.07) is 12.5. The molecule has 14 heavy (non-hydrogen) atoms. The smallest absolute Gasteiger partial charge is 0.147 e. The number of hydrogen-bond acceptors (Lipinski definition) is 2. The molecule has 1 aromatic heterocycles. The van der Waals surface area contributed by atoms with Crippen molar-refractivity contribution in [2.75, 3.05) is 0 Å². The van der Waals surface area contributed by atoms with E-state index in [4.69, 9.17) is 4.52 Å². The molecule has 0 bridgehead atoms. The van der Waals surface area contributed by atoms with Gasteiger partial charge in [0.1, 0.15) is 5.76 Å². The summed E-state index contributed by atoms with van der Waals surface area (Å²) < 4.78 is 5.27. The van der Waals surface area contributed by atoms with Gasteiger partial charge in [-0.1, -0.05) is 35.5 Å². The van der Waals surface area contributed by atoms with Crippen LogP contribution in [0.1, 0.15) is 24.2 Å². The molecule has 2 heteroatoms. The Morgan fingerprint density at radius 3 is 2.43 bits per heavy atom. The summed E-state index contributed by atoms with van der Waals surface area (Å²) in [5, 5.41) is 3.78. The molecule has 1 aliphatic carbocycles. The maximum atomic E-state index is 5.27. The van der Waals surface area contributed by atoms with Gasteiger partial charge in [0.2, 0.25) is 0 Å². The van der Waals surface area contributed by atoms with E-state index in [0.717, 1.165) is 5.76 Å². The molecule has 1 saturated carbocycles. The highest BCUT2D eigenvalue weighted by molar-refractivity contribution is 5.39. The van der Waals surface area contributed by atoms with E-state index in [2.05, 4.69) is 29.4 Å². The Hall–Kier alpha value is -1.57. The van der Waals surface area contributed by atoms with Crippen LogP contribution in [0.15, 0.2) is 47.1 Å². The number of rotatable bonds is 2. The van der Waals surface area contributed by atoms with Crippen LogP contribution in [0.2, 0.25) is 0 Å². The van der Waals surface area contributed by atoms with E-state index in [1.807, 2.05) is 12.1 Å². The first kappa shape index (κ1) is 7.80. The lowest BCUT2D eigenvalue weighted by Gasteiger charge is -2.10. The lowest BCUT2D eigenvalue weighted by atomic mass is 9.93. The molecule has 2 nitrogen and oxygen atoms in total. The molecule has 70 valence electrons. The molecule has 3 rings (SSSR count). The fraction of sp³-hybridized carbons (Fsp3) is 0.250. The van der Waals surface area contributed by atoms with E-state index in [1.165, 1.54) is 18.4 Å². The Kier molecular flexibility index (Phi) is 1.51. The average Bonchev–Trinajstić information content (AvgIpc) is 2.88. The summed E-state index contributed by atoms with van der Waals surface area (Å²) in [6.07, 6.45) is 4.07. The number of hydrogen-bond donors (Lipinski definition) is 0. The van der Waals surface area contributed by atoms with E-state index in [9.17, 15) is 0 Å². The van der Waals surface area contributed by atoms with Gasteiger partial charge in [-0.05, 0) is 18.4 Å². The molecular weight excluding hydrogens is 174 g/mol. The van der Waals surface area contributed by atoms with Gasteiger partial charge in [0.25, 0.3) is 0 Å². The van der Waals surface area contributed by atoms with Crippen molar-refractivity contribution in [3.8, 4) is 0 Å². The molecule has 0 radical (unpaired) electrons. The number of benzene rings is 1. The van der Waals surface area contributed by atoms with Crippen molar-refractivity contribution in [1.82, 2.24) is 5.16 Å². The lowest BCUT2D eigenvalue weighted by Crippen LogP contribution is -2.06. The predicted molar refractivity (Wildman–Crippen MR) is 53.0 cm³/mol. The van der Waals surface area contributed by atoms with Gasteiger partial charge in [0, 0.05) is 6.07 Å². The van der Waals surface area contributed by atoms with Gasteiger partial charge < -0.3 is 4.52 Å². The van der Waals surface area contributed by atoms with Crippen LogP contribution < -0.4 is 0 Å². The quantitative estimate of drug-likeness (QED) is 0.719. The van der Waals surface area contributed by atoms with Gasteiger partial charge in [-0.15, -0.1) is 0 Å². The number of aromatic nitrogens is 1. The molecule has 0 saturated heterocycles. The Morgan fingerprint density at radius 2 is 1.86 bits per heavy atom. The monoisotopic (exact) mass is 185 g/mol. The first-order valence-corrected chi connectivity index (χ1v) is 4.88. The normalized spacial score (nSPS) is 18.0. The van der Waals surface area contributed by atoms with Crippen molar-refractivity contribution >= 4 is 0 Å². The van der Waals surface area contributed by atoms with Crippen LogP contribution in [-0.4, -0.2) is 5.16 Å². The molecule has 0 amide bonds. The van der Waals surface area contributed by atoms with E-state index in [1.54, 1.807) is 6.20 Å². The minimum absolute atomic E-state index is 0.137. The van der Waals surface area contributed by atoms with Crippen molar-refractivity contribution in [3.05, 3.63) is 53.9 Å². The van der Waals surface area contributed by atoms with E-state index < -0.39 is 0 Å². The van der Waals surface area contributed by atoms with Gasteiger partial charge in [-0.3, -0.25) is 0 Å². The van der Waals surface area contributed by atoms with Crippen LogP contribution in [-0.2, 0) is 5.41 Å². The van der Waals surface area contributed by atoms with Crippen LogP contribution in [0.3, 0.4) is 0 Å². The molecule has 0 aliphatic heterocycles. The molecule has 1 aliphatic rings. The van der Waals surface area contributed by atoms with Gasteiger partial charge in [-0.2, -0.15) is 0 Å². The highest BCUT2D eigenvalue weighted by Crippen LogP contribution is 2.53. The maximum absolute atomic E-state index is 5.27. The Labute approximate surface area is 82.5 Å². The summed E-state index contributed by atoms with van der Waals surface area (Å²) in [4.78, 5) is 0. The third kappa shape index (κ3) is 1.00. The third-order valence-electron chi connectivity index (χ3n) is 2.99. The summed E-state index contributed by atoms with van der Waals surface area (Å²) >= 11 is 0. The van der Waals surface area contributed by atoms with Crippen LogP contribution in [0.5, 0.6) is 0 Å². The minimum atomic E-state index is 0.137. The molecule has 1 heterocycles. The predicted octanol–water partition coefficient (Wildman–Crippen LogP) is 2.75. The van der Waals surface area contributed by atoms with Gasteiger partial charge in [0.15, 0.2) is 0 Å². The summed E-state index contributed by atoms with van der Waals surface area (Å²) in [5.74, 6) is 1.00. The zero-order chi connectivity index (χ0) is 9.43. The van der Waals surface area contributed by atoms with Crippen molar-refractivity contribution in [3.63, 3.8) is 0 Å². The largest absolute Gasteiger partial charge is 0.360 e. The number of nitrogens with zero attached hydrogens (tertiary/aromatic N) is 1. The maximum Gasteiger partial charge on any atom is 0.147 e. The second-order valence-electron chi connectivity index (χ2n) is 3.82. The van der Waals surface area contributed by atoms with Crippen LogP contribution >= 0.6 is 0 Å². The van der Waals surface area contributed by atoms with E-state index in [-0.39, 0.29) is 5.41 Å². The molecule has 1 aromatic carbocycles. The highest BCUT2D eigenvalue weighted by Gasteiger charge is 2.48. The second kappa shape index (κ2) is 2.71. The van der Waals surface area contributed by atoms with Gasteiger partial charge in [0.05, 0.1) is 11.6 Å². The zero-order valence-corrected chi connectivity index (χ0v) is 7.81. The van der Waals surface area contributed by atoms with E-state index >= 15 is 0 Å². The summed E-state index contributed by atoms with van der Waals surface area (Å²) in [5.41, 5.74) is 1.48. The molecule has 0 atom stereocenters. The minimum Gasteiger partial charge on any atom is -0.360 e. The molecular formula is C12H11NO. The van der Waals surface area contributed by atoms with E-state index in [0.29, 0.717) is 0 Å². The fourth-order valence-electron chi connectivity index (χ4n) is 2.02. The van der Waals surface area contributed by atoms with Crippen molar-refractivity contribution in [2.45, 2.75) is 18.3 Å². The zero-order valence-electron chi connectivity index (χ0n) is 7.81. The summed E-state index contributed by atoms with van der Waals surface area (Å²) in [6.45, 7) is 0. The summed E-state index contributed by atoms with van der Waals surface area (Å²) in [7, 11) is 0. The standard InChI is InChI=1S/C12H11NO/c1-2-4-10(5-3-1)12(7-8-12)11-6-9-13-14-11/h1-6,9H,7-8H2. The Morgan fingerprint density at radius 1 is 1.07 bits per heavy atom. The molecule has 0 N–H and O–H groups in total. The second-order valence-corrected chi connectivity index (χ2v) is 3.82. The van der Waals surface area contributed by atoms with Crippen molar-refractivity contribution < 1.29 is 4.52 Å². The molecule has 0 spiro atoms. The SMILES string of the molecule is c1ccc(C2(c3ccno3)CC2)cc1. The third-order valence-corrected chi connectivity index (χ3v) is 2.99. The first-order valence-electron chi connectivity index (χ1n) is 4.88. The fourth-order valence-corrected chi connectivity index (χ4v) is 2.02. The van der Waals surface area contributed by atoms with Crippen LogP contribution in [0, 0.1) is 0 Å². The Bertz CT molecular complexity index is 415. The van der Waals surface area contributed by atoms with Crippen LogP contribution in [0.4, 0.5) is 0 Å². The van der Waals surface area contributed by atoms with Crippen LogP contribution in [0.25, 0.3) is 0 Å². The molecule has 0 unspecified atom stereocenters. The average molecular weight is 185 g/mol. The Balaban J connectivity index is 2.07. The molecule has 1 fully saturated rings. The van der Waals surface area contributed by atoms with Gasteiger partial charge in [-0.25, -0.2) is 0 Å². The molecule has 2 aromatic rings. The van der Waals surface area contributed by atoms with Crippen molar-refractivity contribution in [1.29, 1.82) is 0 Å². The van der Waals surface area contributed by atoms with Gasteiger partial charge >= 0.3 is 0 Å².